The maximum atomic E-state index is 12.9. The summed E-state index contributed by atoms with van der Waals surface area (Å²) in [5.74, 6) is -0.817. The van der Waals surface area contributed by atoms with E-state index < -0.39 is 19.1 Å². The zero-order valence-electron chi connectivity index (χ0n) is 13.8. The van der Waals surface area contributed by atoms with Gasteiger partial charge in [-0.1, -0.05) is 25.5 Å². The van der Waals surface area contributed by atoms with Gasteiger partial charge in [0.2, 0.25) is 0 Å². The Morgan fingerprint density at radius 3 is 2.79 bits per heavy atom. The van der Waals surface area contributed by atoms with Gasteiger partial charge in [0.25, 0.3) is 13.4 Å². The van der Waals surface area contributed by atoms with Gasteiger partial charge in [0.1, 0.15) is 11.5 Å². The van der Waals surface area contributed by atoms with Crippen molar-refractivity contribution in [2.75, 3.05) is 13.2 Å². The van der Waals surface area contributed by atoms with E-state index >= 15 is 0 Å². The maximum Gasteiger partial charge on any atom is 0.279 e. The average Bonchev–Trinajstić information content (AvgIpc) is 2.56. The Labute approximate surface area is 141 Å². The van der Waals surface area contributed by atoms with Gasteiger partial charge in [0.15, 0.2) is 0 Å². The lowest BCUT2D eigenvalue weighted by Gasteiger charge is -2.33. The fraction of sp³-hybridized carbons (Fsp3) is 0.562. The second-order valence-corrected chi connectivity index (χ2v) is 8.05. The number of nitrogens with zero attached hydrogens (tertiary/aromatic N) is 1. The van der Waals surface area contributed by atoms with Gasteiger partial charge in [-0.25, -0.2) is 14.5 Å². The quantitative estimate of drug-likeness (QED) is 0.552. The molecule has 1 aliphatic rings. The molecule has 134 valence electrons. The lowest BCUT2D eigenvalue weighted by Crippen LogP contribution is -2.45. The first-order valence-corrected chi connectivity index (χ1v) is 9.93. The Hall–Kier alpha value is -1.27. The van der Waals surface area contributed by atoms with Crippen molar-refractivity contribution < 1.29 is 23.5 Å². The van der Waals surface area contributed by atoms with E-state index in [2.05, 4.69) is 5.09 Å². The van der Waals surface area contributed by atoms with Crippen molar-refractivity contribution in [1.82, 2.24) is 10.2 Å². The molecule has 2 unspecified atom stereocenters. The molecule has 0 aliphatic carbocycles. The number of piperidine rings is 1. The van der Waals surface area contributed by atoms with Gasteiger partial charge in [-0.05, 0) is 37.0 Å². The summed E-state index contributed by atoms with van der Waals surface area (Å²) in [5.41, 5.74) is -0.335. The second-order valence-electron chi connectivity index (χ2n) is 5.87. The van der Waals surface area contributed by atoms with Crippen molar-refractivity contribution >= 4 is 13.4 Å². The zero-order chi connectivity index (χ0) is 17.6. The third-order valence-electron chi connectivity index (χ3n) is 3.96. The molecular formula is C16H24FN2O4P. The molecule has 1 aliphatic heterocycles. The lowest BCUT2D eigenvalue weighted by molar-refractivity contribution is -0.191. The minimum Gasteiger partial charge on any atom is -0.333 e. The number of hydrogen-bond donors (Lipinski definition) is 2. The molecule has 2 atom stereocenters. The molecule has 24 heavy (non-hydrogen) atoms. The summed E-state index contributed by atoms with van der Waals surface area (Å²) in [7, 11) is -3.89. The van der Waals surface area contributed by atoms with Gasteiger partial charge < -0.3 is 4.89 Å². The Morgan fingerprint density at radius 2 is 2.12 bits per heavy atom. The fourth-order valence-corrected chi connectivity index (χ4v) is 4.11. The molecule has 0 radical (unpaired) electrons. The van der Waals surface area contributed by atoms with Crippen molar-refractivity contribution in [2.45, 2.75) is 44.8 Å². The van der Waals surface area contributed by atoms with Crippen LogP contribution in [-0.4, -0.2) is 34.7 Å². The van der Waals surface area contributed by atoms with Gasteiger partial charge in [-0.15, -0.1) is 0 Å². The topological polar surface area (TPSA) is 78.9 Å². The first-order chi connectivity index (χ1) is 11.4. The summed E-state index contributed by atoms with van der Waals surface area (Å²) in [6.07, 6.45) is 2.74. The van der Waals surface area contributed by atoms with Crippen LogP contribution in [0.2, 0.25) is 0 Å². The number of rotatable bonds is 8. The SMILES string of the molecule is CCCCON1CCCC(P(=O)(O)NCc2ccc(F)cc2)C1=O. The van der Waals surface area contributed by atoms with E-state index in [0.717, 1.165) is 12.8 Å². The van der Waals surface area contributed by atoms with Crippen LogP contribution in [0.5, 0.6) is 0 Å². The summed E-state index contributed by atoms with van der Waals surface area (Å²) in [4.78, 5) is 28.1. The van der Waals surface area contributed by atoms with Crippen LogP contribution < -0.4 is 5.09 Å². The molecule has 1 heterocycles. The number of hydroxylamine groups is 2. The molecule has 0 saturated carbocycles. The zero-order valence-corrected chi connectivity index (χ0v) is 14.7. The highest BCUT2D eigenvalue weighted by Crippen LogP contribution is 2.46. The van der Waals surface area contributed by atoms with Gasteiger partial charge >= 0.3 is 0 Å². The number of benzene rings is 1. The smallest absolute Gasteiger partial charge is 0.279 e. The van der Waals surface area contributed by atoms with E-state index in [0.29, 0.717) is 31.6 Å². The van der Waals surface area contributed by atoms with Crippen LogP contribution in [0.25, 0.3) is 0 Å². The van der Waals surface area contributed by atoms with Crippen LogP contribution in [0.3, 0.4) is 0 Å². The molecule has 6 nitrogen and oxygen atoms in total. The highest BCUT2D eigenvalue weighted by atomic mass is 31.2. The number of nitrogens with one attached hydrogen (secondary N) is 1. The third kappa shape index (κ3) is 5.11. The van der Waals surface area contributed by atoms with Crippen LogP contribution in [-0.2, 0) is 20.7 Å². The summed E-state index contributed by atoms with van der Waals surface area (Å²) in [6, 6.07) is 5.64. The molecule has 8 heteroatoms. The highest BCUT2D eigenvalue weighted by molar-refractivity contribution is 7.57. The maximum absolute atomic E-state index is 12.9. The first kappa shape index (κ1) is 19.1. The largest absolute Gasteiger partial charge is 0.333 e. The molecule has 1 aromatic carbocycles. The number of halogens is 1. The number of unbranched alkanes of at least 4 members (excludes halogenated alkanes) is 1. The summed E-state index contributed by atoms with van der Waals surface area (Å²) >= 11 is 0. The third-order valence-corrected chi connectivity index (χ3v) is 5.90. The monoisotopic (exact) mass is 358 g/mol. The molecular weight excluding hydrogens is 334 g/mol. The lowest BCUT2D eigenvalue weighted by atomic mass is 10.1. The number of hydrogen-bond acceptors (Lipinski definition) is 3. The molecule has 1 saturated heterocycles. The average molecular weight is 358 g/mol. The Kier molecular flexibility index (Phi) is 6.92. The van der Waals surface area contributed by atoms with Gasteiger partial charge in [0.05, 0.1) is 6.61 Å². The molecule has 2 rings (SSSR count). The molecule has 0 aromatic heterocycles. The predicted molar refractivity (Wildman–Crippen MR) is 88.7 cm³/mol. The number of carbonyl (C=O) groups is 1. The molecule has 1 amide bonds. The van der Waals surface area contributed by atoms with E-state index in [9.17, 15) is 18.6 Å². The van der Waals surface area contributed by atoms with E-state index in [1.54, 1.807) is 0 Å². The van der Waals surface area contributed by atoms with Crippen molar-refractivity contribution in [3.8, 4) is 0 Å². The van der Waals surface area contributed by atoms with Crippen LogP contribution in [0.15, 0.2) is 24.3 Å². The second kappa shape index (κ2) is 8.72. The standard InChI is InChI=1S/C16H24FN2O4P/c1-2-3-11-23-19-10-4-5-15(16(19)20)24(21,22)18-12-13-6-8-14(17)9-7-13/h6-9,15H,2-5,10-12H2,1H3,(H2,18,21,22). The first-order valence-electron chi connectivity index (χ1n) is 8.20. The normalized spacial score (nSPS) is 20.9. The highest BCUT2D eigenvalue weighted by Gasteiger charge is 2.42. The fourth-order valence-electron chi connectivity index (χ4n) is 2.52. The molecule has 0 bridgehead atoms. The van der Waals surface area contributed by atoms with Crippen molar-refractivity contribution in [2.24, 2.45) is 0 Å². The van der Waals surface area contributed by atoms with E-state index in [1.165, 1.54) is 29.3 Å². The minimum absolute atomic E-state index is 0.0918. The van der Waals surface area contributed by atoms with Crippen LogP contribution >= 0.6 is 7.52 Å². The van der Waals surface area contributed by atoms with E-state index in [1.807, 2.05) is 6.92 Å². The van der Waals surface area contributed by atoms with Crippen LogP contribution in [0.4, 0.5) is 4.39 Å². The Bertz CT molecular complexity index is 596. The summed E-state index contributed by atoms with van der Waals surface area (Å²) in [5, 5.41) is 3.78. The molecule has 1 fully saturated rings. The molecule has 2 N–H and O–H groups in total. The van der Waals surface area contributed by atoms with Crippen molar-refractivity contribution in [3.05, 3.63) is 35.6 Å². The Morgan fingerprint density at radius 1 is 1.42 bits per heavy atom. The summed E-state index contributed by atoms with van der Waals surface area (Å²) in [6.45, 7) is 2.98. The van der Waals surface area contributed by atoms with Crippen LogP contribution in [0, 0.1) is 5.82 Å². The van der Waals surface area contributed by atoms with Crippen LogP contribution in [0.1, 0.15) is 38.2 Å². The van der Waals surface area contributed by atoms with Gasteiger partial charge in [-0.2, -0.15) is 0 Å². The minimum atomic E-state index is -3.89. The van der Waals surface area contributed by atoms with E-state index in [-0.39, 0.29) is 12.4 Å². The molecule has 0 spiro atoms. The predicted octanol–water partition coefficient (Wildman–Crippen LogP) is 2.82. The Balaban J connectivity index is 1.95. The number of amides is 1. The van der Waals surface area contributed by atoms with Crippen molar-refractivity contribution in [3.63, 3.8) is 0 Å². The van der Waals surface area contributed by atoms with Gasteiger partial charge in [0, 0.05) is 13.1 Å². The van der Waals surface area contributed by atoms with E-state index in [4.69, 9.17) is 4.84 Å². The van der Waals surface area contributed by atoms with Gasteiger partial charge in [-0.3, -0.25) is 14.2 Å². The number of carbonyl (C=O) groups excluding carboxylic acids is 1. The summed E-state index contributed by atoms with van der Waals surface area (Å²) < 4.78 is 25.4. The van der Waals surface area contributed by atoms with Crippen molar-refractivity contribution in [1.29, 1.82) is 0 Å². The molecule has 1 aromatic rings.